The number of aryl methyl sites for hydroxylation is 1. The summed E-state index contributed by atoms with van der Waals surface area (Å²) in [6.07, 6.45) is 1.72. The Labute approximate surface area is 89.2 Å². The van der Waals surface area contributed by atoms with Crippen LogP contribution in [0.2, 0.25) is 0 Å². The SMILES string of the molecule is C/C(CCc1ccccc1)=N\NC(N)=O. The van der Waals surface area contributed by atoms with Gasteiger partial charge >= 0.3 is 6.03 Å². The number of nitrogens with one attached hydrogen (secondary N) is 1. The number of hydrogen-bond acceptors (Lipinski definition) is 2. The highest BCUT2D eigenvalue weighted by atomic mass is 16.2. The van der Waals surface area contributed by atoms with Crippen LogP contribution in [0.5, 0.6) is 0 Å². The molecule has 4 heteroatoms. The highest BCUT2D eigenvalue weighted by Gasteiger charge is 1.95. The molecule has 0 fully saturated rings. The van der Waals surface area contributed by atoms with Crippen molar-refractivity contribution in [3.05, 3.63) is 35.9 Å². The maximum atomic E-state index is 10.4. The largest absolute Gasteiger partial charge is 0.350 e. The number of benzene rings is 1. The van der Waals surface area contributed by atoms with E-state index in [0.29, 0.717) is 0 Å². The molecule has 0 aliphatic carbocycles. The van der Waals surface area contributed by atoms with Crippen molar-refractivity contribution in [3.8, 4) is 0 Å². The monoisotopic (exact) mass is 205 g/mol. The quantitative estimate of drug-likeness (QED) is 0.569. The van der Waals surface area contributed by atoms with Gasteiger partial charge in [0, 0.05) is 5.71 Å². The van der Waals surface area contributed by atoms with E-state index in [2.05, 4.69) is 22.7 Å². The van der Waals surface area contributed by atoms with Gasteiger partial charge in [0.1, 0.15) is 0 Å². The van der Waals surface area contributed by atoms with Gasteiger partial charge < -0.3 is 5.73 Å². The van der Waals surface area contributed by atoms with Gasteiger partial charge in [-0.3, -0.25) is 0 Å². The molecule has 0 heterocycles. The van der Waals surface area contributed by atoms with E-state index in [-0.39, 0.29) is 0 Å². The third-order valence-corrected chi connectivity index (χ3v) is 1.98. The van der Waals surface area contributed by atoms with Crippen molar-refractivity contribution in [2.45, 2.75) is 19.8 Å². The summed E-state index contributed by atoms with van der Waals surface area (Å²) in [7, 11) is 0. The molecule has 0 atom stereocenters. The van der Waals surface area contributed by atoms with Gasteiger partial charge in [0.25, 0.3) is 0 Å². The lowest BCUT2D eigenvalue weighted by molar-refractivity contribution is 0.249. The van der Waals surface area contributed by atoms with Crippen molar-refractivity contribution < 1.29 is 4.79 Å². The minimum Gasteiger partial charge on any atom is -0.350 e. The Morgan fingerprint density at radius 3 is 2.67 bits per heavy atom. The number of rotatable bonds is 4. The molecule has 0 saturated heterocycles. The molecule has 0 aliphatic heterocycles. The molecule has 2 amide bonds. The molecule has 4 nitrogen and oxygen atoms in total. The number of hydrazone groups is 1. The lowest BCUT2D eigenvalue weighted by Crippen LogP contribution is -2.25. The van der Waals surface area contributed by atoms with Gasteiger partial charge in [0.2, 0.25) is 0 Å². The van der Waals surface area contributed by atoms with Crippen LogP contribution in [0.25, 0.3) is 0 Å². The van der Waals surface area contributed by atoms with E-state index in [1.807, 2.05) is 25.1 Å². The first kappa shape index (κ1) is 11.2. The second-order valence-electron chi connectivity index (χ2n) is 3.31. The van der Waals surface area contributed by atoms with E-state index < -0.39 is 6.03 Å². The summed E-state index contributed by atoms with van der Waals surface area (Å²) in [5.41, 5.74) is 9.21. The van der Waals surface area contributed by atoms with Crippen LogP contribution in [0.1, 0.15) is 18.9 Å². The maximum Gasteiger partial charge on any atom is 0.332 e. The summed E-state index contributed by atoms with van der Waals surface area (Å²) in [6, 6.07) is 9.49. The molecule has 0 aliphatic rings. The Hall–Kier alpha value is -1.84. The Morgan fingerprint density at radius 1 is 1.40 bits per heavy atom. The summed E-state index contributed by atoms with van der Waals surface area (Å²) in [4.78, 5) is 10.4. The van der Waals surface area contributed by atoms with E-state index >= 15 is 0 Å². The molecule has 0 radical (unpaired) electrons. The summed E-state index contributed by atoms with van der Waals surface area (Å²) in [5.74, 6) is 0. The smallest absolute Gasteiger partial charge is 0.332 e. The van der Waals surface area contributed by atoms with E-state index in [1.54, 1.807) is 0 Å². The molecular weight excluding hydrogens is 190 g/mol. The number of nitrogens with zero attached hydrogens (tertiary/aromatic N) is 1. The van der Waals surface area contributed by atoms with Crippen molar-refractivity contribution in [2.75, 3.05) is 0 Å². The topological polar surface area (TPSA) is 67.5 Å². The van der Waals surface area contributed by atoms with E-state index in [4.69, 9.17) is 5.73 Å². The van der Waals surface area contributed by atoms with E-state index in [1.165, 1.54) is 5.56 Å². The standard InChI is InChI=1S/C11H15N3O/c1-9(13-14-11(12)15)7-8-10-5-3-2-4-6-10/h2-6H,7-8H2,1H3,(H3,12,14,15)/b13-9+. The van der Waals surface area contributed by atoms with Crippen molar-refractivity contribution in [1.29, 1.82) is 0 Å². The van der Waals surface area contributed by atoms with Gasteiger partial charge in [0.05, 0.1) is 0 Å². The van der Waals surface area contributed by atoms with Gasteiger partial charge in [-0.05, 0) is 25.3 Å². The number of carbonyl (C=O) groups is 1. The third-order valence-electron chi connectivity index (χ3n) is 1.98. The van der Waals surface area contributed by atoms with Gasteiger partial charge in [0.15, 0.2) is 0 Å². The van der Waals surface area contributed by atoms with Crippen LogP contribution < -0.4 is 11.2 Å². The molecule has 0 unspecified atom stereocenters. The zero-order valence-corrected chi connectivity index (χ0v) is 8.73. The fourth-order valence-electron chi connectivity index (χ4n) is 1.18. The van der Waals surface area contributed by atoms with Crippen LogP contribution in [0.4, 0.5) is 4.79 Å². The first-order valence-corrected chi connectivity index (χ1v) is 4.81. The molecule has 15 heavy (non-hydrogen) atoms. The summed E-state index contributed by atoms with van der Waals surface area (Å²) < 4.78 is 0. The average molecular weight is 205 g/mol. The third kappa shape index (κ3) is 4.81. The van der Waals surface area contributed by atoms with Crippen LogP contribution >= 0.6 is 0 Å². The van der Waals surface area contributed by atoms with Gasteiger partial charge in [-0.1, -0.05) is 30.3 Å². The highest BCUT2D eigenvalue weighted by molar-refractivity contribution is 5.83. The maximum absolute atomic E-state index is 10.4. The van der Waals surface area contributed by atoms with Crippen LogP contribution in [0.15, 0.2) is 35.4 Å². The molecule has 0 aromatic heterocycles. The number of nitrogens with two attached hydrogens (primary N) is 1. The Bertz CT molecular complexity index is 346. The van der Waals surface area contributed by atoms with Gasteiger partial charge in [-0.2, -0.15) is 5.10 Å². The summed E-state index contributed by atoms with van der Waals surface area (Å²) in [5, 5.41) is 3.83. The lowest BCUT2D eigenvalue weighted by atomic mass is 10.1. The Balaban J connectivity index is 2.37. The Morgan fingerprint density at radius 2 is 2.07 bits per heavy atom. The zero-order valence-electron chi connectivity index (χ0n) is 8.73. The van der Waals surface area contributed by atoms with Crippen LogP contribution in [0, 0.1) is 0 Å². The number of carbonyl (C=O) groups excluding carboxylic acids is 1. The minimum absolute atomic E-state index is 0.630. The number of hydrogen-bond donors (Lipinski definition) is 2. The molecular formula is C11H15N3O. The number of primary amides is 1. The van der Waals surface area contributed by atoms with Crippen molar-refractivity contribution >= 4 is 11.7 Å². The van der Waals surface area contributed by atoms with Gasteiger partial charge in [-0.25, -0.2) is 10.2 Å². The predicted octanol–water partition coefficient (Wildman–Crippen LogP) is 1.66. The fourth-order valence-corrected chi connectivity index (χ4v) is 1.18. The molecule has 0 saturated carbocycles. The van der Waals surface area contributed by atoms with Crippen molar-refractivity contribution in [3.63, 3.8) is 0 Å². The molecule has 1 aromatic rings. The first-order chi connectivity index (χ1) is 7.18. The first-order valence-electron chi connectivity index (χ1n) is 4.81. The van der Waals surface area contributed by atoms with Crippen LogP contribution in [0.3, 0.4) is 0 Å². The predicted molar refractivity (Wildman–Crippen MR) is 60.6 cm³/mol. The average Bonchev–Trinajstić information content (AvgIpc) is 2.25. The number of urea groups is 1. The van der Waals surface area contributed by atoms with E-state index in [0.717, 1.165) is 18.6 Å². The molecule has 0 spiro atoms. The van der Waals surface area contributed by atoms with Gasteiger partial charge in [-0.15, -0.1) is 0 Å². The Kier molecular flexibility index (Phi) is 4.34. The summed E-state index contributed by atoms with van der Waals surface area (Å²) >= 11 is 0. The normalized spacial score (nSPS) is 11.1. The molecule has 3 N–H and O–H groups in total. The summed E-state index contributed by atoms with van der Waals surface area (Å²) in [6.45, 7) is 1.86. The second-order valence-corrected chi connectivity index (χ2v) is 3.31. The fraction of sp³-hybridized carbons (Fsp3) is 0.273. The second kappa shape index (κ2) is 5.80. The van der Waals surface area contributed by atoms with E-state index in [9.17, 15) is 4.79 Å². The molecule has 0 bridgehead atoms. The molecule has 1 rings (SSSR count). The van der Waals surface area contributed by atoms with Crippen LogP contribution in [-0.2, 0) is 6.42 Å². The molecule has 80 valence electrons. The number of amides is 2. The van der Waals surface area contributed by atoms with Crippen LogP contribution in [-0.4, -0.2) is 11.7 Å². The van der Waals surface area contributed by atoms with Crippen molar-refractivity contribution in [1.82, 2.24) is 5.43 Å². The zero-order chi connectivity index (χ0) is 11.1. The van der Waals surface area contributed by atoms with Crippen molar-refractivity contribution in [2.24, 2.45) is 10.8 Å². The minimum atomic E-state index is -0.630. The highest BCUT2D eigenvalue weighted by Crippen LogP contribution is 2.02. The molecule has 1 aromatic carbocycles. The lowest BCUT2D eigenvalue weighted by Gasteiger charge is -2.01.